The van der Waals surface area contributed by atoms with E-state index in [1.165, 1.54) is 11.8 Å². The van der Waals surface area contributed by atoms with Gasteiger partial charge >= 0.3 is 23.8 Å². The first kappa shape index (κ1) is 47.7. The summed E-state index contributed by atoms with van der Waals surface area (Å²) >= 11 is 0. The number of allylic oxidation sites excluding steroid dienone is 1. The van der Waals surface area contributed by atoms with E-state index in [1.54, 1.807) is 63.8 Å². The van der Waals surface area contributed by atoms with Gasteiger partial charge < -0.3 is 26.7 Å². The predicted molar refractivity (Wildman–Crippen MR) is 192 cm³/mol. The number of aromatic nitrogens is 8. The van der Waals surface area contributed by atoms with Crippen LogP contribution in [0.25, 0.3) is 22.1 Å². The molecule has 0 amide bonds. The molecule has 0 saturated carbocycles. The van der Waals surface area contributed by atoms with E-state index in [0.717, 1.165) is 22.1 Å². The summed E-state index contributed by atoms with van der Waals surface area (Å²) in [4.78, 5) is 59.8. The summed E-state index contributed by atoms with van der Waals surface area (Å²) in [7, 11) is 3.27. The van der Waals surface area contributed by atoms with E-state index in [9.17, 15) is 24.0 Å². The van der Waals surface area contributed by atoms with E-state index in [2.05, 4.69) is 30.1 Å². The summed E-state index contributed by atoms with van der Waals surface area (Å²) in [5.74, 6) is -0.723. The minimum atomic E-state index is -0.333. The van der Waals surface area contributed by atoms with Crippen LogP contribution in [0.5, 0.6) is 0 Å². The lowest BCUT2D eigenvalue weighted by Gasteiger charge is -1.99. The van der Waals surface area contributed by atoms with Gasteiger partial charge in [-0.2, -0.15) is 14.5 Å². The van der Waals surface area contributed by atoms with Gasteiger partial charge in [-0.05, 0) is 36.4 Å². The number of benzene rings is 2. The number of nitriles is 1. The van der Waals surface area contributed by atoms with Gasteiger partial charge in [0.15, 0.2) is 0 Å². The molecule has 0 saturated heterocycles. The third-order valence-electron chi connectivity index (χ3n) is 6.40. The quantitative estimate of drug-likeness (QED) is 0.0759. The molecule has 0 atom stereocenters. The van der Waals surface area contributed by atoms with Crippen LogP contribution in [0.2, 0.25) is 0 Å². The topological polar surface area (TPSA) is 207 Å². The molecule has 17 nitrogen and oxygen atoms in total. The van der Waals surface area contributed by atoms with Gasteiger partial charge in [-0.25, -0.2) is 14.2 Å². The Kier molecular flexibility index (Phi) is 23.4. The van der Waals surface area contributed by atoms with Gasteiger partial charge in [-0.3, -0.25) is 14.4 Å². The van der Waals surface area contributed by atoms with E-state index in [0.29, 0.717) is 48.7 Å². The van der Waals surface area contributed by atoms with Gasteiger partial charge in [0.25, 0.3) is 6.33 Å². The molecule has 0 spiro atoms. The largest absolute Gasteiger partial charge is 1.00 e. The number of fused-ring (bicyclic) bond motifs is 2. The van der Waals surface area contributed by atoms with Crippen LogP contribution in [0.3, 0.4) is 0 Å². The minimum absolute atomic E-state index is 0. The normalized spacial score (nSPS) is 9.80. The fraction of sp³-hybridized carbons (Fsp3) is 0.361. The molecular formula is C36H46ClN9O8. The van der Waals surface area contributed by atoms with Crippen molar-refractivity contribution in [1.82, 2.24) is 34.7 Å². The number of aryl methyl sites for hydroxylation is 1. The molecule has 3 heterocycles. The minimum Gasteiger partial charge on any atom is -1.00 e. The highest BCUT2D eigenvalue weighted by atomic mass is 35.5. The SMILES string of the molecule is CCC(=O)O/C=C(/C)C#N.CCC(=O)OC.CCC(=O)On1nnc2ccccc21.CCC(=O)n1cc[n+](C)c1.CCC(=O)n1nnc2ccccc21.[Cl-]. The average Bonchev–Trinajstić information content (AvgIpc) is 3.95. The molecule has 0 aliphatic heterocycles. The fourth-order valence-corrected chi connectivity index (χ4v) is 3.47. The van der Waals surface area contributed by atoms with Crippen LogP contribution in [-0.2, 0) is 30.9 Å². The van der Waals surface area contributed by atoms with Crippen molar-refractivity contribution in [1.29, 1.82) is 5.26 Å². The van der Waals surface area contributed by atoms with Crippen LogP contribution < -0.4 is 21.8 Å². The van der Waals surface area contributed by atoms with Crippen molar-refractivity contribution < 1.29 is 55.3 Å². The molecule has 0 bridgehead atoms. The van der Waals surface area contributed by atoms with Gasteiger partial charge in [-0.1, -0.05) is 68.9 Å². The lowest BCUT2D eigenvalue weighted by Crippen LogP contribution is -3.00. The zero-order valence-electron chi connectivity index (χ0n) is 31.6. The maximum atomic E-state index is 11.3. The van der Waals surface area contributed by atoms with Gasteiger partial charge in [0.2, 0.25) is 5.91 Å². The number of para-hydroxylation sites is 2. The number of rotatable bonds is 7. The molecule has 0 fully saturated rings. The highest BCUT2D eigenvalue weighted by molar-refractivity contribution is 5.88. The first-order valence-electron chi connectivity index (χ1n) is 16.6. The zero-order chi connectivity index (χ0) is 39.8. The number of halogens is 1. The number of methoxy groups -OCH3 is 1. The molecule has 290 valence electrons. The first-order valence-corrected chi connectivity index (χ1v) is 16.6. The molecule has 18 heteroatoms. The Bertz CT molecular complexity index is 2010. The number of imidazole rings is 1. The highest BCUT2D eigenvalue weighted by Gasteiger charge is 2.09. The van der Waals surface area contributed by atoms with Crippen LogP contribution in [-0.4, -0.2) is 71.6 Å². The summed E-state index contributed by atoms with van der Waals surface area (Å²) in [5.41, 5.74) is 3.31. The van der Waals surface area contributed by atoms with Crippen LogP contribution in [0, 0.1) is 11.3 Å². The molecule has 0 N–H and O–H groups in total. The number of esters is 2. The molecule has 5 aromatic rings. The van der Waals surface area contributed by atoms with Crippen LogP contribution in [0.1, 0.15) is 83.2 Å². The number of nitrogens with zero attached hydrogens (tertiary/aromatic N) is 9. The van der Waals surface area contributed by atoms with E-state index in [4.69, 9.17) is 10.1 Å². The molecule has 3 aromatic heterocycles. The standard InChI is InChI=1S/C9H9N3O2.C9H9N3O.C7H11N2O.C7H9NO2.C4H8O2.ClH/c1-2-9(13)14-12-8-6-4-3-5-7(8)10-11-12;1-2-9(13)12-8-6-4-3-5-7(8)10-11-12;1-3-7(10)9-5-4-8(2)6-9;1-3-7(9)10-5-6(2)4-8;1-3-4(5)6-2;/h3-6H,2H2,1H3;3-6H,2H2,1H3;4-6H,3H2,1-2H3;5H,3H2,1-2H3;3H2,1-2H3;1H/q;;+1;;;/p-1/b;;;6-5-;;. The van der Waals surface area contributed by atoms with Crippen molar-refractivity contribution in [3.05, 3.63) is 79.1 Å². The molecule has 0 aliphatic rings. The summed E-state index contributed by atoms with van der Waals surface area (Å²) in [6, 6.07) is 16.5. The summed E-state index contributed by atoms with van der Waals surface area (Å²) in [6.07, 6.45) is 8.61. The Hall–Kier alpha value is -6.28. The van der Waals surface area contributed by atoms with E-state index >= 15 is 0 Å². The average molecular weight is 768 g/mol. The Labute approximate surface area is 319 Å². The monoisotopic (exact) mass is 767 g/mol. The van der Waals surface area contributed by atoms with Crippen LogP contribution in [0.4, 0.5) is 0 Å². The Morgan fingerprint density at radius 2 is 1.31 bits per heavy atom. The highest BCUT2D eigenvalue weighted by Crippen LogP contribution is 2.10. The molecule has 54 heavy (non-hydrogen) atoms. The molecular weight excluding hydrogens is 722 g/mol. The maximum Gasteiger partial charge on any atom is 0.334 e. The number of hydrogen-bond donors (Lipinski definition) is 0. The van der Waals surface area contributed by atoms with Gasteiger partial charge in [0, 0.05) is 32.1 Å². The number of ether oxygens (including phenoxy) is 2. The molecule has 5 rings (SSSR count). The second-order valence-corrected chi connectivity index (χ2v) is 10.4. The third-order valence-corrected chi connectivity index (χ3v) is 6.40. The Morgan fingerprint density at radius 3 is 1.80 bits per heavy atom. The third kappa shape index (κ3) is 16.8. The second kappa shape index (κ2) is 26.5. The lowest BCUT2D eigenvalue weighted by molar-refractivity contribution is -0.670. The van der Waals surface area contributed by atoms with Crippen molar-refractivity contribution in [2.24, 2.45) is 7.05 Å². The van der Waals surface area contributed by atoms with E-state index in [-0.39, 0.29) is 42.1 Å². The molecule has 0 radical (unpaired) electrons. The Balaban J connectivity index is 0.000000664. The zero-order valence-corrected chi connectivity index (χ0v) is 32.4. The number of carbonyl (C=O) groups is 5. The van der Waals surface area contributed by atoms with Gasteiger partial charge in [0.1, 0.15) is 35.2 Å². The van der Waals surface area contributed by atoms with Crippen molar-refractivity contribution >= 4 is 51.8 Å². The smallest absolute Gasteiger partial charge is 0.334 e. The lowest BCUT2D eigenvalue weighted by atomic mass is 10.3. The van der Waals surface area contributed by atoms with E-state index < -0.39 is 0 Å². The van der Waals surface area contributed by atoms with Crippen molar-refractivity contribution in [2.75, 3.05) is 7.11 Å². The first-order chi connectivity index (χ1) is 25.4. The van der Waals surface area contributed by atoms with Gasteiger partial charge in [0.05, 0.1) is 31.3 Å². The second-order valence-electron chi connectivity index (χ2n) is 10.4. The van der Waals surface area contributed by atoms with Crippen LogP contribution >= 0.6 is 0 Å². The van der Waals surface area contributed by atoms with Crippen molar-refractivity contribution in [2.45, 2.75) is 73.6 Å². The molecule has 0 aliphatic carbocycles. The van der Waals surface area contributed by atoms with Gasteiger partial charge in [-0.15, -0.1) is 10.2 Å². The molecule has 0 unspecified atom stereocenters. The fourth-order valence-electron chi connectivity index (χ4n) is 3.47. The molecule has 2 aromatic carbocycles. The number of carbonyl (C=O) groups excluding carboxylic acids is 5. The summed E-state index contributed by atoms with van der Waals surface area (Å²) in [6.45, 7) is 10.4. The number of hydrogen-bond acceptors (Lipinski definition) is 13. The van der Waals surface area contributed by atoms with Crippen molar-refractivity contribution in [3.8, 4) is 6.07 Å². The predicted octanol–water partition coefficient (Wildman–Crippen LogP) is 1.58. The van der Waals surface area contributed by atoms with E-state index in [1.807, 2.05) is 67.2 Å². The van der Waals surface area contributed by atoms with Crippen molar-refractivity contribution in [3.63, 3.8) is 0 Å². The van der Waals surface area contributed by atoms with Crippen LogP contribution in [0.15, 0.2) is 79.1 Å². The maximum absolute atomic E-state index is 11.3. The summed E-state index contributed by atoms with van der Waals surface area (Å²) in [5, 5.41) is 23.4. The summed E-state index contributed by atoms with van der Waals surface area (Å²) < 4.78 is 13.5. The Morgan fingerprint density at radius 1 is 0.778 bits per heavy atom.